The van der Waals surface area contributed by atoms with Crippen molar-refractivity contribution in [1.82, 2.24) is 0 Å². The lowest BCUT2D eigenvalue weighted by Gasteiger charge is -2.37. The maximum Gasteiger partial charge on any atom is 0.0450 e. The highest BCUT2D eigenvalue weighted by Gasteiger charge is 2.30. The van der Waals surface area contributed by atoms with E-state index >= 15 is 0 Å². The van der Waals surface area contributed by atoms with Gasteiger partial charge in [0.2, 0.25) is 0 Å². The molecule has 0 unspecified atom stereocenters. The lowest BCUT2D eigenvalue weighted by Crippen LogP contribution is -2.25. The third-order valence-electron chi connectivity index (χ3n) is 8.32. The minimum atomic E-state index is 0.587. The van der Waals surface area contributed by atoms with Gasteiger partial charge >= 0.3 is 0 Å². The number of aryl methyl sites for hydroxylation is 1. The van der Waals surface area contributed by atoms with Crippen molar-refractivity contribution in [1.29, 1.82) is 0 Å². The fourth-order valence-corrected chi connectivity index (χ4v) is 6.40. The molecule has 2 saturated carbocycles. The second kappa shape index (κ2) is 14.4. The van der Waals surface area contributed by atoms with Gasteiger partial charge in [-0.15, -0.1) is 0 Å². The van der Waals surface area contributed by atoms with Crippen LogP contribution < -0.4 is 0 Å². The Balaban J connectivity index is 1.38. The van der Waals surface area contributed by atoms with Crippen LogP contribution in [0, 0.1) is 35.5 Å². The van der Waals surface area contributed by atoms with Crippen molar-refractivity contribution in [3.05, 3.63) is 34.3 Å². The third-order valence-corrected chi connectivity index (χ3v) is 8.67. The van der Waals surface area contributed by atoms with E-state index in [1.807, 2.05) is 0 Å². The van der Waals surface area contributed by atoms with Crippen LogP contribution >= 0.6 is 11.6 Å². The van der Waals surface area contributed by atoms with Crippen LogP contribution in [-0.2, 0) is 6.42 Å². The molecule has 32 heavy (non-hydrogen) atoms. The molecular weight excluding hydrogens is 408 g/mol. The Morgan fingerprint density at radius 3 is 2.09 bits per heavy atom. The summed E-state index contributed by atoms with van der Waals surface area (Å²) in [5.74, 6) is 10.6. The van der Waals surface area contributed by atoms with Crippen LogP contribution in [0.25, 0.3) is 0 Å². The predicted molar refractivity (Wildman–Crippen MR) is 141 cm³/mol. The summed E-state index contributed by atoms with van der Waals surface area (Å²) in [5.41, 5.74) is 2.37. The van der Waals surface area contributed by atoms with Gasteiger partial charge in [0.1, 0.15) is 0 Å². The van der Waals surface area contributed by atoms with Gasteiger partial charge in [-0.25, -0.2) is 0 Å². The summed E-state index contributed by atoms with van der Waals surface area (Å²) in [6.07, 6.45) is 23.5. The van der Waals surface area contributed by atoms with Crippen LogP contribution in [0.5, 0.6) is 0 Å². The quantitative estimate of drug-likeness (QED) is 0.243. The Bertz CT molecular complexity index is 708. The zero-order valence-electron chi connectivity index (χ0n) is 20.9. The van der Waals surface area contributed by atoms with Crippen molar-refractivity contribution in [2.75, 3.05) is 0 Å². The number of hydrogen-bond donors (Lipinski definition) is 0. The number of unbranched alkanes of at least 4 members (excludes halogenated alkanes) is 5. The molecule has 0 N–H and O–H groups in total. The molecule has 1 aromatic rings. The first-order valence-corrected chi connectivity index (χ1v) is 14.4. The summed E-state index contributed by atoms with van der Waals surface area (Å²) in [7, 11) is 0. The number of rotatable bonds is 10. The van der Waals surface area contributed by atoms with Gasteiger partial charge in [-0.1, -0.05) is 101 Å². The van der Waals surface area contributed by atoms with E-state index in [9.17, 15) is 0 Å². The van der Waals surface area contributed by atoms with E-state index in [0.29, 0.717) is 5.92 Å². The van der Waals surface area contributed by atoms with Gasteiger partial charge in [-0.3, -0.25) is 0 Å². The van der Waals surface area contributed by atoms with Crippen molar-refractivity contribution in [3.63, 3.8) is 0 Å². The maximum absolute atomic E-state index is 6.52. The molecular formula is C31H47Cl. The number of benzene rings is 1. The van der Waals surface area contributed by atoms with Crippen molar-refractivity contribution >= 4 is 11.6 Å². The summed E-state index contributed by atoms with van der Waals surface area (Å²) in [6.45, 7) is 4.56. The summed E-state index contributed by atoms with van der Waals surface area (Å²) in [5, 5.41) is 0.901. The minimum absolute atomic E-state index is 0.587. The maximum atomic E-state index is 6.52. The molecule has 3 rings (SSSR count). The number of hydrogen-bond acceptors (Lipinski definition) is 0. The van der Waals surface area contributed by atoms with E-state index < -0.39 is 0 Å². The lowest BCUT2D eigenvalue weighted by molar-refractivity contribution is 0.153. The monoisotopic (exact) mass is 454 g/mol. The van der Waals surface area contributed by atoms with Crippen LogP contribution in [0.1, 0.15) is 128 Å². The van der Waals surface area contributed by atoms with Gasteiger partial charge in [0, 0.05) is 16.5 Å². The van der Waals surface area contributed by atoms with Crippen molar-refractivity contribution < 1.29 is 0 Å². The molecule has 0 amide bonds. The molecule has 178 valence electrons. The molecule has 0 nitrogen and oxygen atoms in total. The van der Waals surface area contributed by atoms with Gasteiger partial charge in [-0.2, -0.15) is 0 Å². The Labute approximate surface area is 204 Å². The molecule has 0 saturated heterocycles. The molecule has 0 atom stereocenters. The zero-order chi connectivity index (χ0) is 22.6. The molecule has 0 bridgehead atoms. The molecule has 0 heterocycles. The summed E-state index contributed by atoms with van der Waals surface area (Å²) in [4.78, 5) is 0. The molecule has 0 aromatic heterocycles. The Kier molecular flexibility index (Phi) is 11.5. The molecule has 0 radical (unpaired) electrons. The van der Waals surface area contributed by atoms with Gasteiger partial charge in [0.25, 0.3) is 0 Å². The van der Waals surface area contributed by atoms with Crippen molar-refractivity contribution in [2.24, 2.45) is 23.7 Å². The standard InChI is InChI=1S/C31H47Cl/c1-3-5-7-9-10-25-14-19-28(20-15-25)29-21-16-26(17-22-29)12-13-27-18-23-30(31(32)24-27)11-8-6-4-2/h18,23-26,28-29H,3-11,14-17,19-22H2,1-2H3/t25-,26?,28-,29?. The molecule has 0 aliphatic heterocycles. The van der Waals surface area contributed by atoms with Gasteiger partial charge < -0.3 is 0 Å². The smallest absolute Gasteiger partial charge is 0.0450 e. The topological polar surface area (TPSA) is 0 Å². The average Bonchev–Trinajstić information content (AvgIpc) is 2.83. The fraction of sp³-hybridized carbons (Fsp3) is 0.742. The summed E-state index contributed by atoms with van der Waals surface area (Å²) in [6, 6.07) is 6.45. The van der Waals surface area contributed by atoms with Crippen LogP contribution in [0.3, 0.4) is 0 Å². The highest BCUT2D eigenvalue weighted by molar-refractivity contribution is 6.31. The first kappa shape index (κ1) is 25.7. The van der Waals surface area contributed by atoms with Gasteiger partial charge in [-0.05, 0) is 86.8 Å². The van der Waals surface area contributed by atoms with Crippen LogP contribution in [0.2, 0.25) is 5.02 Å². The predicted octanol–water partition coefficient (Wildman–Crippen LogP) is 10.0. The fourth-order valence-electron chi connectivity index (χ4n) is 6.12. The highest BCUT2D eigenvalue weighted by Crippen LogP contribution is 2.42. The van der Waals surface area contributed by atoms with E-state index in [2.05, 4.69) is 43.9 Å². The van der Waals surface area contributed by atoms with E-state index in [1.54, 1.807) is 0 Å². The first-order valence-electron chi connectivity index (χ1n) is 14.0. The largest absolute Gasteiger partial charge is 0.0945 e. The Morgan fingerprint density at radius 2 is 1.44 bits per heavy atom. The molecule has 2 aliphatic carbocycles. The zero-order valence-corrected chi connectivity index (χ0v) is 21.7. The SMILES string of the molecule is CCCCCC[C@H]1CC[C@H](C2CCC(C#Cc3ccc(CCCCC)c(Cl)c3)CC2)CC1. The van der Waals surface area contributed by atoms with Crippen molar-refractivity contribution in [2.45, 2.75) is 123 Å². The summed E-state index contributed by atoms with van der Waals surface area (Å²) >= 11 is 6.52. The second-order valence-electron chi connectivity index (χ2n) is 10.8. The van der Waals surface area contributed by atoms with Crippen LogP contribution in [0.4, 0.5) is 0 Å². The van der Waals surface area contributed by atoms with E-state index in [-0.39, 0.29) is 0 Å². The highest BCUT2D eigenvalue weighted by atomic mass is 35.5. The van der Waals surface area contributed by atoms with Crippen LogP contribution in [-0.4, -0.2) is 0 Å². The molecule has 2 fully saturated rings. The van der Waals surface area contributed by atoms with Gasteiger partial charge in [0.05, 0.1) is 0 Å². The lowest BCUT2D eigenvalue weighted by atomic mass is 9.69. The van der Waals surface area contributed by atoms with E-state index in [0.717, 1.165) is 34.8 Å². The average molecular weight is 455 g/mol. The number of halogens is 1. The Morgan fingerprint density at radius 1 is 0.781 bits per heavy atom. The normalized spacial score (nSPS) is 25.8. The molecule has 2 aliphatic rings. The second-order valence-corrected chi connectivity index (χ2v) is 11.2. The molecule has 1 aromatic carbocycles. The van der Waals surface area contributed by atoms with Gasteiger partial charge in [0.15, 0.2) is 0 Å². The summed E-state index contributed by atoms with van der Waals surface area (Å²) < 4.78 is 0. The van der Waals surface area contributed by atoms with E-state index in [1.165, 1.54) is 108 Å². The molecule has 0 spiro atoms. The van der Waals surface area contributed by atoms with E-state index in [4.69, 9.17) is 11.6 Å². The molecule has 1 heteroatoms. The van der Waals surface area contributed by atoms with Crippen molar-refractivity contribution in [3.8, 4) is 11.8 Å². The first-order chi connectivity index (χ1) is 15.7. The van der Waals surface area contributed by atoms with Crippen LogP contribution in [0.15, 0.2) is 18.2 Å². The Hall–Kier alpha value is -0.930. The third kappa shape index (κ3) is 8.45. The minimum Gasteiger partial charge on any atom is -0.0945 e.